The van der Waals surface area contributed by atoms with E-state index in [0.717, 1.165) is 0 Å². The fraction of sp³-hybridized carbons (Fsp3) is 1.00. The molecule has 0 amide bonds. The van der Waals surface area contributed by atoms with Gasteiger partial charge < -0.3 is 5.11 Å². The molecule has 0 aromatic heterocycles. The Labute approximate surface area is 43.5 Å². The Morgan fingerprint density at radius 3 is 1.75 bits per heavy atom. The summed E-state index contributed by atoms with van der Waals surface area (Å²) in [6, 6.07) is 0. The summed E-state index contributed by atoms with van der Waals surface area (Å²) in [6.45, 7) is 1.93. The van der Waals surface area contributed by atoms with Gasteiger partial charge in [-0.15, -0.1) is 0 Å². The number of aliphatic hydroxyl groups excluding tert-OH is 1. The molecule has 1 N–H and O–H groups in total. The van der Waals surface area contributed by atoms with Gasteiger partial charge >= 0.3 is 24.4 Å². The van der Waals surface area contributed by atoms with Crippen molar-refractivity contribution in [1.29, 1.82) is 0 Å². The monoisotopic (exact) mass is 167 g/mol. The van der Waals surface area contributed by atoms with E-state index < -0.39 is 0 Å². The molecule has 0 fully saturated rings. The summed E-state index contributed by atoms with van der Waals surface area (Å²) in [5.74, 6) is 0. The SMILES string of the molecule is CCO.[Sb+3]. The van der Waals surface area contributed by atoms with Crippen molar-refractivity contribution in [3.05, 3.63) is 0 Å². The van der Waals surface area contributed by atoms with Gasteiger partial charge in [-0.2, -0.15) is 0 Å². The molecule has 0 aliphatic heterocycles. The van der Waals surface area contributed by atoms with E-state index in [0.29, 0.717) is 0 Å². The molecule has 1 nitrogen and oxygen atoms in total. The first-order valence-electron chi connectivity index (χ1n) is 1.02. The van der Waals surface area contributed by atoms with Gasteiger partial charge in [0.05, 0.1) is 0 Å². The standard InChI is InChI=1S/C2H6O.Sb/c1-2-3;/h3H,2H2,1H3;/q;+3. The van der Waals surface area contributed by atoms with Crippen LogP contribution in [0.5, 0.6) is 0 Å². The van der Waals surface area contributed by atoms with Crippen LogP contribution in [0.4, 0.5) is 0 Å². The van der Waals surface area contributed by atoms with Crippen LogP contribution in [0.2, 0.25) is 0 Å². The molecule has 0 spiro atoms. The topological polar surface area (TPSA) is 20.2 Å². The van der Waals surface area contributed by atoms with Crippen LogP contribution in [0.3, 0.4) is 0 Å². The molecular formula is C2H6OSb+3. The third-order valence-electron chi connectivity index (χ3n) is 0. The van der Waals surface area contributed by atoms with Crippen molar-refractivity contribution in [2.75, 3.05) is 6.61 Å². The van der Waals surface area contributed by atoms with Crippen molar-refractivity contribution >= 4 is 24.4 Å². The van der Waals surface area contributed by atoms with Crippen LogP contribution in [0, 0.1) is 0 Å². The van der Waals surface area contributed by atoms with Gasteiger partial charge in [0, 0.05) is 6.61 Å². The van der Waals surface area contributed by atoms with Crippen LogP contribution in [-0.4, -0.2) is 36.1 Å². The molecule has 0 heterocycles. The van der Waals surface area contributed by atoms with Gasteiger partial charge in [0.1, 0.15) is 0 Å². The van der Waals surface area contributed by atoms with Crippen LogP contribution >= 0.6 is 0 Å². The molecular weight excluding hydrogens is 162 g/mol. The zero-order chi connectivity index (χ0) is 2.71. The first-order valence-corrected chi connectivity index (χ1v) is 1.02. The van der Waals surface area contributed by atoms with Crippen molar-refractivity contribution in [2.45, 2.75) is 6.92 Å². The summed E-state index contributed by atoms with van der Waals surface area (Å²) in [6.07, 6.45) is 0. The molecule has 0 saturated carbocycles. The minimum atomic E-state index is 0. The molecule has 0 rings (SSSR count). The van der Waals surface area contributed by atoms with E-state index in [9.17, 15) is 0 Å². The van der Waals surface area contributed by atoms with Gasteiger partial charge in [0.25, 0.3) is 0 Å². The predicted octanol–water partition coefficient (Wildman–Crippen LogP) is -0.382. The Bertz CT molecular complexity index is 6.00. The van der Waals surface area contributed by atoms with E-state index in [-0.39, 0.29) is 31.0 Å². The number of hydrogen-bond acceptors (Lipinski definition) is 1. The zero-order valence-corrected chi connectivity index (χ0v) is 5.15. The largest absolute Gasteiger partial charge is 3.00 e. The van der Waals surface area contributed by atoms with Crippen LogP contribution in [0.1, 0.15) is 6.92 Å². The van der Waals surface area contributed by atoms with Gasteiger partial charge in [-0.3, -0.25) is 0 Å². The van der Waals surface area contributed by atoms with Gasteiger partial charge in [-0.1, -0.05) is 0 Å². The molecule has 22 valence electrons. The van der Waals surface area contributed by atoms with Crippen LogP contribution in [0.15, 0.2) is 0 Å². The summed E-state index contributed by atoms with van der Waals surface area (Å²) < 4.78 is 0. The Kier molecular flexibility index (Phi) is 20.4. The second-order valence-electron chi connectivity index (χ2n) is 0.316. The first kappa shape index (κ1) is 8.84. The van der Waals surface area contributed by atoms with Crippen LogP contribution in [0.25, 0.3) is 0 Å². The molecule has 0 aliphatic carbocycles. The Hall–Kier alpha value is 0.778. The third-order valence-corrected chi connectivity index (χ3v) is 0. The van der Waals surface area contributed by atoms with Crippen molar-refractivity contribution in [2.24, 2.45) is 0 Å². The van der Waals surface area contributed by atoms with Gasteiger partial charge in [-0.05, 0) is 6.92 Å². The van der Waals surface area contributed by atoms with E-state index in [4.69, 9.17) is 5.11 Å². The zero-order valence-electron chi connectivity index (χ0n) is 2.60. The molecule has 0 unspecified atom stereocenters. The summed E-state index contributed by atoms with van der Waals surface area (Å²) in [7, 11) is 0. The predicted molar refractivity (Wildman–Crippen MR) is 18.5 cm³/mol. The third kappa shape index (κ3) is 14.5. The normalized spacial score (nSPS) is 4.50. The number of aliphatic hydroxyl groups is 1. The van der Waals surface area contributed by atoms with Crippen molar-refractivity contribution in [3.63, 3.8) is 0 Å². The summed E-state index contributed by atoms with van der Waals surface area (Å²) in [5.41, 5.74) is 0. The maximum Gasteiger partial charge on any atom is 3.00 e. The minimum Gasteiger partial charge on any atom is -0.397 e. The van der Waals surface area contributed by atoms with E-state index in [1.165, 1.54) is 0 Å². The molecule has 0 saturated heterocycles. The van der Waals surface area contributed by atoms with Crippen molar-refractivity contribution < 1.29 is 5.11 Å². The maximum absolute atomic E-state index is 7.57. The molecule has 0 bridgehead atoms. The summed E-state index contributed by atoms with van der Waals surface area (Å²) in [5, 5.41) is 7.57. The van der Waals surface area contributed by atoms with E-state index in [2.05, 4.69) is 0 Å². The Morgan fingerprint density at radius 1 is 1.75 bits per heavy atom. The van der Waals surface area contributed by atoms with Gasteiger partial charge in [0.2, 0.25) is 0 Å². The Morgan fingerprint density at radius 2 is 1.75 bits per heavy atom. The summed E-state index contributed by atoms with van der Waals surface area (Å²) >= 11 is 0. The van der Waals surface area contributed by atoms with E-state index >= 15 is 0 Å². The van der Waals surface area contributed by atoms with Crippen molar-refractivity contribution in [1.82, 2.24) is 0 Å². The summed E-state index contributed by atoms with van der Waals surface area (Å²) in [4.78, 5) is 0. The minimum absolute atomic E-state index is 0. The average Bonchev–Trinajstić information content (AvgIpc) is 0.918. The molecule has 0 aromatic rings. The van der Waals surface area contributed by atoms with Crippen LogP contribution < -0.4 is 0 Å². The van der Waals surface area contributed by atoms with Gasteiger partial charge in [-0.25, -0.2) is 0 Å². The first-order chi connectivity index (χ1) is 1.41. The molecule has 0 aliphatic rings. The van der Waals surface area contributed by atoms with E-state index in [1.807, 2.05) is 0 Å². The molecule has 4 heavy (non-hydrogen) atoms. The van der Waals surface area contributed by atoms with Crippen LogP contribution in [-0.2, 0) is 0 Å². The molecule has 2 heteroatoms. The molecule has 0 atom stereocenters. The van der Waals surface area contributed by atoms with Crippen molar-refractivity contribution in [3.8, 4) is 0 Å². The second kappa shape index (κ2) is 9.22. The number of rotatable bonds is 0. The second-order valence-corrected chi connectivity index (χ2v) is 0.316. The fourth-order valence-corrected chi connectivity index (χ4v) is 0. The maximum atomic E-state index is 7.57. The average molecular weight is 168 g/mol. The fourth-order valence-electron chi connectivity index (χ4n) is 0. The molecule has 0 aromatic carbocycles. The Balaban J connectivity index is 0. The quantitative estimate of drug-likeness (QED) is 0.488. The smallest absolute Gasteiger partial charge is 0.397 e. The van der Waals surface area contributed by atoms with Gasteiger partial charge in [0.15, 0.2) is 0 Å². The van der Waals surface area contributed by atoms with E-state index in [1.54, 1.807) is 6.92 Å². The number of hydrogen-bond donors (Lipinski definition) is 1. The molecule has 2 radical (unpaired) electrons.